The number of benzene rings is 1. The van der Waals surface area contributed by atoms with Crippen LogP contribution in [0.3, 0.4) is 0 Å². The third kappa shape index (κ3) is 3.63. The Morgan fingerprint density at radius 3 is 2.47 bits per heavy atom. The quantitative estimate of drug-likeness (QED) is 0.877. The summed E-state index contributed by atoms with van der Waals surface area (Å²) in [5.74, 6) is 0.788. The summed E-state index contributed by atoms with van der Waals surface area (Å²) in [4.78, 5) is 1.02. The molecule has 2 N–H and O–H groups in total. The average Bonchev–Trinajstić information content (AvgIpc) is 2.74. The number of aryl methyl sites for hydroxylation is 1. The fraction of sp³-hybridized carbons (Fsp3) is 0.286. The normalized spacial score (nSPS) is 14.2. The van der Waals surface area contributed by atoms with Gasteiger partial charge in [0.05, 0.1) is 4.34 Å². The van der Waals surface area contributed by atoms with E-state index in [2.05, 4.69) is 0 Å². The molecule has 2 unspecified atom stereocenters. The van der Waals surface area contributed by atoms with Crippen molar-refractivity contribution in [2.45, 2.75) is 26.0 Å². The fourth-order valence-corrected chi connectivity index (χ4v) is 3.22. The maximum absolute atomic E-state index is 6.03. The van der Waals surface area contributed by atoms with Crippen molar-refractivity contribution in [3.63, 3.8) is 0 Å². The molecule has 1 aromatic carbocycles. The van der Waals surface area contributed by atoms with E-state index < -0.39 is 0 Å². The van der Waals surface area contributed by atoms with Crippen LogP contribution >= 0.6 is 34.5 Å². The van der Waals surface area contributed by atoms with Gasteiger partial charge in [0.2, 0.25) is 0 Å². The molecule has 2 atom stereocenters. The number of hydrogen-bond donors (Lipinski definition) is 1. The summed E-state index contributed by atoms with van der Waals surface area (Å²) in [5.41, 5.74) is 7.01. The molecule has 0 aliphatic heterocycles. The molecule has 0 saturated carbocycles. The third-order valence-corrected chi connectivity index (χ3v) is 4.27. The molecule has 2 nitrogen and oxygen atoms in total. The first kappa shape index (κ1) is 14.7. The fourth-order valence-electron chi connectivity index (χ4n) is 1.79. The smallest absolute Gasteiger partial charge is 0.148 e. The second-order valence-corrected chi connectivity index (χ2v) is 6.63. The SMILES string of the molecule is Cc1cc(Cl)ccc1OC(c1ccc(Cl)s1)C(C)N. The Morgan fingerprint density at radius 2 is 1.95 bits per heavy atom. The Hall–Kier alpha value is -0.740. The van der Waals surface area contributed by atoms with Crippen molar-refractivity contribution in [2.75, 3.05) is 0 Å². The predicted octanol–water partition coefficient (Wildman–Crippen LogP) is 4.83. The Bertz CT molecular complexity index is 568. The minimum absolute atomic E-state index is 0.134. The van der Waals surface area contributed by atoms with E-state index >= 15 is 0 Å². The first-order valence-corrected chi connectivity index (χ1v) is 7.48. The largest absolute Gasteiger partial charge is 0.483 e. The topological polar surface area (TPSA) is 35.2 Å². The van der Waals surface area contributed by atoms with Gasteiger partial charge in [-0.3, -0.25) is 0 Å². The molecule has 5 heteroatoms. The Balaban J connectivity index is 2.26. The van der Waals surface area contributed by atoms with E-state index in [4.69, 9.17) is 33.7 Å². The van der Waals surface area contributed by atoms with Crippen LogP contribution in [0.4, 0.5) is 0 Å². The predicted molar refractivity (Wildman–Crippen MR) is 82.5 cm³/mol. The Kier molecular flexibility index (Phi) is 4.74. The van der Waals surface area contributed by atoms with Crippen LogP contribution < -0.4 is 10.5 Å². The molecule has 1 aromatic heterocycles. The zero-order chi connectivity index (χ0) is 14.0. The van der Waals surface area contributed by atoms with Crippen LogP contribution in [0, 0.1) is 6.92 Å². The first-order chi connectivity index (χ1) is 8.97. The molecule has 0 bridgehead atoms. The first-order valence-electron chi connectivity index (χ1n) is 5.91. The van der Waals surface area contributed by atoms with E-state index in [0.717, 1.165) is 20.5 Å². The van der Waals surface area contributed by atoms with Gasteiger partial charge >= 0.3 is 0 Å². The van der Waals surface area contributed by atoms with Crippen LogP contribution in [0.15, 0.2) is 30.3 Å². The Morgan fingerprint density at radius 1 is 1.21 bits per heavy atom. The summed E-state index contributed by atoms with van der Waals surface area (Å²) in [7, 11) is 0. The van der Waals surface area contributed by atoms with Crippen molar-refractivity contribution in [3.05, 3.63) is 50.1 Å². The molecule has 0 fully saturated rings. The molecule has 0 saturated heterocycles. The molecule has 2 rings (SSSR count). The van der Waals surface area contributed by atoms with Crippen molar-refractivity contribution < 1.29 is 4.74 Å². The monoisotopic (exact) mass is 315 g/mol. The highest BCUT2D eigenvalue weighted by Crippen LogP contribution is 2.33. The number of thiophene rings is 1. The zero-order valence-electron chi connectivity index (χ0n) is 10.7. The number of ether oxygens (including phenoxy) is 1. The van der Waals surface area contributed by atoms with Crippen molar-refractivity contribution in [3.8, 4) is 5.75 Å². The lowest BCUT2D eigenvalue weighted by Crippen LogP contribution is -2.28. The maximum atomic E-state index is 6.03. The van der Waals surface area contributed by atoms with Crippen molar-refractivity contribution in [1.29, 1.82) is 0 Å². The van der Waals surface area contributed by atoms with Crippen molar-refractivity contribution in [2.24, 2.45) is 5.73 Å². The Labute approximate surface area is 127 Å². The van der Waals surface area contributed by atoms with E-state index in [-0.39, 0.29) is 12.1 Å². The van der Waals surface area contributed by atoms with E-state index in [0.29, 0.717) is 5.02 Å². The molecule has 102 valence electrons. The van der Waals surface area contributed by atoms with Crippen LogP contribution in [0.5, 0.6) is 5.75 Å². The van der Waals surface area contributed by atoms with Crippen LogP contribution in [0.2, 0.25) is 9.36 Å². The molecule has 0 spiro atoms. The minimum Gasteiger partial charge on any atom is -0.483 e. The van der Waals surface area contributed by atoms with Gasteiger partial charge in [0, 0.05) is 15.9 Å². The molecule has 0 aliphatic rings. The summed E-state index contributed by atoms with van der Waals surface area (Å²) in [6.07, 6.45) is -0.211. The molecule has 0 aliphatic carbocycles. The second kappa shape index (κ2) is 6.14. The van der Waals surface area contributed by atoms with Crippen LogP contribution in [0.1, 0.15) is 23.5 Å². The lowest BCUT2D eigenvalue weighted by atomic mass is 10.1. The highest BCUT2D eigenvalue weighted by atomic mass is 35.5. The lowest BCUT2D eigenvalue weighted by molar-refractivity contribution is 0.183. The maximum Gasteiger partial charge on any atom is 0.148 e. The third-order valence-electron chi connectivity index (χ3n) is 2.74. The van der Waals surface area contributed by atoms with Crippen LogP contribution in [0.25, 0.3) is 0 Å². The van der Waals surface area contributed by atoms with Gasteiger partial charge < -0.3 is 10.5 Å². The number of halogens is 2. The van der Waals surface area contributed by atoms with Gasteiger partial charge in [-0.1, -0.05) is 23.2 Å². The molecular formula is C14H15Cl2NOS. The van der Waals surface area contributed by atoms with Gasteiger partial charge in [-0.15, -0.1) is 11.3 Å². The van der Waals surface area contributed by atoms with Gasteiger partial charge in [-0.25, -0.2) is 0 Å². The molecular weight excluding hydrogens is 301 g/mol. The highest BCUT2D eigenvalue weighted by Gasteiger charge is 2.21. The minimum atomic E-state index is -0.211. The average molecular weight is 316 g/mol. The second-order valence-electron chi connectivity index (χ2n) is 4.45. The molecule has 19 heavy (non-hydrogen) atoms. The van der Waals surface area contributed by atoms with E-state index in [9.17, 15) is 0 Å². The van der Waals surface area contributed by atoms with Crippen LogP contribution in [-0.2, 0) is 0 Å². The molecule has 0 amide bonds. The molecule has 2 aromatic rings. The van der Waals surface area contributed by atoms with Crippen molar-refractivity contribution in [1.82, 2.24) is 0 Å². The summed E-state index contributed by atoms with van der Waals surface area (Å²) >= 11 is 13.4. The summed E-state index contributed by atoms with van der Waals surface area (Å²) in [6.45, 7) is 3.88. The molecule has 1 heterocycles. The highest BCUT2D eigenvalue weighted by molar-refractivity contribution is 7.16. The van der Waals surface area contributed by atoms with E-state index in [1.54, 1.807) is 0 Å². The zero-order valence-corrected chi connectivity index (χ0v) is 13.0. The standard InChI is InChI=1S/C14H15Cl2NOS/c1-8-7-10(15)3-4-11(8)18-14(9(2)17)12-5-6-13(16)19-12/h3-7,9,14H,17H2,1-2H3. The van der Waals surface area contributed by atoms with Gasteiger partial charge in [0.1, 0.15) is 11.9 Å². The van der Waals surface area contributed by atoms with Gasteiger partial charge in [0.25, 0.3) is 0 Å². The summed E-state index contributed by atoms with van der Waals surface area (Å²) < 4.78 is 6.76. The van der Waals surface area contributed by atoms with Gasteiger partial charge in [-0.2, -0.15) is 0 Å². The van der Waals surface area contributed by atoms with Gasteiger partial charge in [0.15, 0.2) is 0 Å². The van der Waals surface area contributed by atoms with Crippen LogP contribution in [-0.4, -0.2) is 6.04 Å². The van der Waals surface area contributed by atoms with Gasteiger partial charge in [-0.05, 0) is 49.7 Å². The van der Waals surface area contributed by atoms with E-state index in [1.807, 2.05) is 44.2 Å². The number of rotatable bonds is 4. The van der Waals surface area contributed by atoms with Crippen molar-refractivity contribution >= 4 is 34.5 Å². The number of hydrogen-bond acceptors (Lipinski definition) is 3. The summed E-state index contributed by atoms with van der Waals surface area (Å²) in [5, 5.41) is 0.696. The van der Waals surface area contributed by atoms with E-state index in [1.165, 1.54) is 11.3 Å². The lowest BCUT2D eigenvalue weighted by Gasteiger charge is -2.22. The number of nitrogens with two attached hydrogens (primary N) is 1. The summed E-state index contributed by atoms with van der Waals surface area (Å²) in [6, 6.07) is 9.22. The molecule has 0 radical (unpaired) electrons.